The van der Waals surface area contributed by atoms with Gasteiger partial charge in [0.1, 0.15) is 5.01 Å². The predicted molar refractivity (Wildman–Crippen MR) is 88.2 cm³/mol. The monoisotopic (exact) mass is 328 g/mol. The number of aromatic nitrogens is 1. The smallest absolute Gasteiger partial charge is 0.114 e. The largest absolute Gasteiger partial charge is 0.307 e. The number of hydrogen-bond acceptors (Lipinski definition) is 3. The van der Waals surface area contributed by atoms with Gasteiger partial charge in [-0.2, -0.15) is 0 Å². The number of rotatable bonds is 3. The van der Waals surface area contributed by atoms with Gasteiger partial charge in [-0.05, 0) is 30.8 Å². The molecule has 0 saturated heterocycles. The number of hydrogen-bond donors (Lipinski definition) is 1. The molecule has 1 heterocycles. The maximum Gasteiger partial charge on any atom is 0.114 e. The highest BCUT2D eigenvalue weighted by Gasteiger charge is 2.23. The van der Waals surface area contributed by atoms with Crippen molar-refractivity contribution in [2.45, 2.75) is 32.2 Å². The van der Waals surface area contributed by atoms with Crippen molar-refractivity contribution in [2.75, 3.05) is 7.05 Å². The first-order valence-electron chi connectivity index (χ1n) is 6.41. The Balaban J connectivity index is 2.42. The van der Waals surface area contributed by atoms with Crippen LogP contribution in [0.5, 0.6) is 0 Å². The molecule has 0 radical (unpaired) electrons. The Morgan fingerprint density at radius 2 is 1.95 bits per heavy atom. The van der Waals surface area contributed by atoms with Gasteiger partial charge in [0.25, 0.3) is 0 Å². The van der Waals surface area contributed by atoms with E-state index in [9.17, 15) is 0 Å². The van der Waals surface area contributed by atoms with Crippen molar-refractivity contribution in [3.8, 4) is 0 Å². The summed E-state index contributed by atoms with van der Waals surface area (Å²) >= 11 is 14.0. The Kier molecular flexibility index (Phi) is 4.75. The van der Waals surface area contributed by atoms with Gasteiger partial charge < -0.3 is 5.32 Å². The second kappa shape index (κ2) is 6.02. The average Bonchev–Trinajstić information content (AvgIpc) is 2.84. The van der Waals surface area contributed by atoms with Gasteiger partial charge in [-0.3, -0.25) is 0 Å². The number of nitrogens with one attached hydrogen (secondary N) is 1. The first kappa shape index (κ1) is 15.8. The van der Waals surface area contributed by atoms with Crippen LogP contribution < -0.4 is 5.32 Å². The van der Waals surface area contributed by atoms with Gasteiger partial charge in [-0.15, -0.1) is 11.3 Å². The van der Waals surface area contributed by atoms with Crippen molar-refractivity contribution in [1.29, 1.82) is 0 Å². The molecule has 2 rings (SSSR count). The van der Waals surface area contributed by atoms with E-state index in [-0.39, 0.29) is 11.5 Å². The molecule has 0 bridgehead atoms. The maximum absolute atomic E-state index is 6.29. The van der Waals surface area contributed by atoms with E-state index in [1.54, 1.807) is 17.4 Å². The molecular formula is C15H18Cl2N2S. The molecule has 108 valence electrons. The predicted octanol–water partition coefficient (Wildman–Crippen LogP) is 5.06. The second-order valence-corrected chi connectivity index (χ2v) is 7.44. The van der Waals surface area contributed by atoms with Crippen molar-refractivity contribution < 1.29 is 0 Å². The molecule has 0 saturated carbocycles. The highest BCUT2D eigenvalue weighted by atomic mass is 35.5. The SMILES string of the molecule is CNC(c1nc(C(C)(C)C)cs1)c1cc(Cl)ccc1Cl. The van der Waals surface area contributed by atoms with Crippen molar-refractivity contribution in [1.82, 2.24) is 10.3 Å². The Bertz CT molecular complexity index is 602. The summed E-state index contributed by atoms with van der Waals surface area (Å²) in [4.78, 5) is 4.75. The van der Waals surface area contributed by atoms with Crippen LogP contribution in [0.25, 0.3) is 0 Å². The highest BCUT2D eigenvalue weighted by Crippen LogP contribution is 2.33. The summed E-state index contributed by atoms with van der Waals surface area (Å²) in [7, 11) is 1.90. The quantitative estimate of drug-likeness (QED) is 0.852. The van der Waals surface area contributed by atoms with E-state index in [0.717, 1.165) is 16.3 Å². The number of nitrogens with zero attached hydrogens (tertiary/aromatic N) is 1. The average molecular weight is 329 g/mol. The van der Waals surface area contributed by atoms with E-state index in [1.807, 2.05) is 19.2 Å². The number of thiazole rings is 1. The molecule has 0 fully saturated rings. The Morgan fingerprint density at radius 1 is 1.25 bits per heavy atom. The third-order valence-corrected chi connectivity index (χ3v) is 4.58. The fourth-order valence-corrected chi connectivity index (χ4v) is 3.49. The zero-order valence-corrected chi connectivity index (χ0v) is 14.3. The molecule has 20 heavy (non-hydrogen) atoms. The molecule has 1 unspecified atom stereocenters. The lowest BCUT2D eigenvalue weighted by Gasteiger charge is -2.17. The molecule has 5 heteroatoms. The molecule has 1 N–H and O–H groups in total. The molecule has 2 nitrogen and oxygen atoms in total. The summed E-state index contributed by atoms with van der Waals surface area (Å²) < 4.78 is 0. The van der Waals surface area contributed by atoms with E-state index >= 15 is 0 Å². The lowest BCUT2D eigenvalue weighted by atomic mass is 9.93. The van der Waals surface area contributed by atoms with Gasteiger partial charge in [-0.25, -0.2) is 4.98 Å². The summed E-state index contributed by atoms with van der Waals surface area (Å²) in [6.45, 7) is 6.48. The Labute approximate surface area is 134 Å². The summed E-state index contributed by atoms with van der Waals surface area (Å²) in [5, 5.41) is 7.76. The third kappa shape index (κ3) is 3.34. The minimum absolute atomic E-state index is 0.0395. The van der Waals surface area contributed by atoms with Crippen LogP contribution in [0, 0.1) is 0 Å². The normalized spacial score (nSPS) is 13.5. The van der Waals surface area contributed by atoms with Crippen LogP contribution in [0.15, 0.2) is 23.6 Å². The molecule has 0 spiro atoms. The van der Waals surface area contributed by atoms with Crippen molar-refractivity contribution in [2.24, 2.45) is 0 Å². The number of benzene rings is 1. The van der Waals surface area contributed by atoms with Gasteiger partial charge in [0.2, 0.25) is 0 Å². The van der Waals surface area contributed by atoms with Gasteiger partial charge in [0.15, 0.2) is 0 Å². The fraction of sp³-hybridized carbons (Fsp3) is 0.400. The minimum atomic E-state index is -0.0395. The second-order valence-electron chi connectivity index (χ2n) is 5.71. The summed E-state index contributed by atoms with van der Waals surface area (Å²) in [6, 6.07) is 5.47. The van der Waals surface area contributed by atoms with Crippen LogP contribution in [-0.2, 0) is 5.41 Å². The Hall–Kier alpha value is -0.610. The van der Waals surface area contributed by atoms with Gasteiger partial charge in [0.05, 0.1) is 11.7 Å². The van der Waals surface area contributed by atoms with E-state index in [1.165, 1.54) is 0 Å². The first-order valence-corrected chi connectivity index (χ1v) is 8.04. The Morgan fingerprint density at radius 3 is 2.50 bits per heavy atom. The zero-order chi connectivity index (χ0) is 14.9. The molecule has 0 amide bonds. The van der Waals surface area contributed by atoms with Gasteiger partial charge in [0, 0.05) is 20.8 Å². The van der Waals surface area contributed by atoms with E-state index in [0.29, 0.717) is 10.0 Å². The van der Waals surface area contributed by atoms with Crippen LogP contribution in [0.1, 0.15) is 43.1 Å². The third-order valence-electron chi connectivity index (χ3n) is 3.10. The lowest BCUT2D eigenvalue weighted by Crippen LogP contribution is -2.19. The molecule has 0 aliphatic heterocycles. The molecular weight excluding hydrogens is 311 g/mol. The molecule has 1 aromatic heterocycles. The van der Waals surface area contributed by atoms with Crippen LogP contribution in [0.4, 0.5) is 0 Å². The van der Waals surface area contributed by atoms with Gasteiger partial charge >= 0.3 is 0 Å². The van der Waals surface area contributed by atoms with Gasteiger partial charge in [-0.1, -0.05) is 44.0 Å². The number of halogens is 2. The van der Waals surface area contributed by atoms with Crippen molar-refractivity contribution >= 4 is 34.5 Å². The van der Waals surface area contributed by atoms with Crippen LogP contribution in [0.3, 0.4) is 0 Å². The summed E-state index contributed by atoms with van der Waals surface area (Å²) in [5.41, 5.74) is 2.10. The zero-order valence-electron chi connectivity index (χ0n) is 12.0. The summed E-state index contributed by atoms with van der Waals surface area (Å²) in [6.07, 6.45) is 0. The molecule has 1 atom stereocenters. The first-order chi connectivity index (χ1) is 9.32. The van der Waals surface area contributed by atoms with E-state index < -0.39 is 0 Å². The van der Waals surface area contributed by atoms with Crippen molar-refractivity contribution in [3.05, 3.63) is 49.9 Å². The molecule has 0 aliphatic rings. The van der Waals surface area contributed by atoms with Crippen molar-refractivity contribution in [3.63, 3.8) is 0 Å². The molecule has 2 aromatic rings. The molecule has 1 aromatic carbocycles. The standard InChI is InChI=1S/C15H18Cl2N2S/c1-15(2,3)12-8-20-14(19-12)13(18-4)10-7-9(16)5-6-11(10)17/h5-8,13,18H,1-4H3. The van der Waals surface area contributed by atoms with Crippen LogP contribution >= 0.6 is 34.5 Å². The van der Waals surface area contributed by atoms with E-state index in [4.69, 9.17) is 28.2 Å². The minimum Gasteiger partial charge on any atom is -0.307 e. The van der Waals surface area contributed by atoms with E-state index in [2.05, 4.69) is 31.5 Å². The highest BCUT2D eigenvalue weighted by molar-refractivity contribution is 7.09. The maximum atomic E-state index is 6.29. The molecule has 0 aliphatic carbocycles. The van der Waals surface area contributed by atoms with Crippen LogP contribution in [-0.4, -0.2) is 12.0 Å². The lowest BCUT2D eigenvalue weighted by molar-refractivity contribution is 0.566. The topological polar surface area (TPSA) is 24.9 Å². The summed E-state index contributed by atoms with van der Waals surface area (Å²) in [5.74, 6) is 0. The fourth-order valence-electron chi connectivity index (χ4n) is 1.91. The van der Waals surface area contributed by atoms with Crippen LogP contribution in [0.2, 0.25) is 10.0 Å².